The van der Waals surface area contributed by atoms with E-state index < -0.39 is 23.1 Å². The Morgan fingerprint density at radius 2 is 1.06 bits per heavy atom. The molecule has 0 fully saturated rings. The van der Waals surface area contributed by atoms with E-state index in [2.05, 4.69) is 10.6 Å². The van der Waals surface area contributed by atoms with E-state index in [4.69, 9.17) is 4.74 Å². The Labute approximate surface area is 274 Å². The Morgan fingerprint density at radius 1 is 0.638 bits per heavy atom. The topological polar surface area (TPSA) is 105 Å². The molecule has 0 radical (unpaired) electrons. The largest absolute Gasteiger partial charge is 0.480 e. The van der Waals surface area contributed by atoms with Crippen molar-refractivity contribution in [3.63, 3.8) is 0 Å². The zero-order valence-electron chi connectivity index (χ0n) is 26.1. The first kappa shape index (κ1) is 31.3. The van der Waals surface area contributed by atoms with Gasteiger partial charge >= 0.3 is 12.1 Å². The summed E-state index contributed by atoms with van der Waals surface area (Å²) < 4.78 is 5.63. The number of nitrogens with one attached hydrogen (secondary N) is 2. The third-order valence-electron chi connectivity index (χ3n) is 8.99. The Bertz CT molecular complexity index is 1740. The van der Waals surface area contributed by atoms with Crippen LogP contribution in [0.4, 0.5) is 4.79 Å². The van der Waals surface area contributed by atoms with Crippen LogP contribution in [0.1, 0.15) is 53.5 Å². The standard InChI is InChI=1S/C40H36N2O5/c1-39(37(44)45,42-38(46)47-27-35-33-23-13-11-21-31(33)32-22-12-14-24-34(32)35)26-25-36(43)41-40(28-15-5-2-6-16-28,29-17-7-3-8-18-29)30-19-9-4-10-20-30/h2-24,35H,25-27H2,1H3,(H,41,43)(H,42,46)(H,44,45)/t39-/m1/s1. The number of amides is 2. The van der Waals surface area contributed by atoms with Gasteiger partial charge in [0.15, 0.2) is 0 Å². The minimum Gasteiger partial charge on any atom is -0.480 e. The fourth-order valence-electron chi connectivity index (χ4n) is 6.50. The molecule has 0 saturated heterocycles. The zero-order chi connectivity index (χ0) is 32.9. The SMILES string of the molecule is C[C@](CCC(=O)NC(c1ccccc1)(c1ccccc1)c1ccccc1)(NC(=O)OCC1c2ccccc2-c2ccccc21)C(=O)O. The number of carbonyl (C=O) groups is 3. The number of aliphatic carboxylic acids is 1. The van der Waals surface area contributed by atoms with Gasteiger partial charge in [-0.2, -0.15) is 0 Å². The van der Waals surface area contributed by atoms with Crippen molar-refractivity contribution in [3.8, 4) is 11.1 Å². The van der Waals surface area contributed by atoms with Gasteiger partial charge in [-0.05, 0) is 52.3 Å². The highest BCUT2D eigenvalue weighted by Gasteiger charge is 2.40. The number of carbonyl (C=O) groups excluding carboxylic acids is 2. The first-order valence-corrected chi connectivity index (χ1v) is 15.7. The van der Waals surface area contributed by atoms with Crippen LogP contribution in [-0.2, 0) is 19.9 Å². The number of hydrogen-bond donors (Lipinski definition) is 3. The Hall–Kier alpha value is -5.69. The van der Waals surface area contributed by atoms with Gasteiger partial charge in [-0.1, -0.05) is 140 Å². The highest BCUT2D eigenvalue weighted by atomic mass is 16.5. The number of alkyl carbamates (subject to hydrolysis) is 1. The molecule has 2 amide bonds. The maximum atomic E-state index is 13.8. The lowest BCUT2D eigenvalue weighted by molar-refractivity contribution is -0.144. The highest BCUT2D eigenvalue weighted by Crippen LogP contribution is 2.44. The number of rotatable bonds is 11. The smallest absolute Gasteiger partial charge is 0.408 e. The number of ether oxygens (including phenoxy) is 1. The van der Waals surface area contributed by atoms with Gasteiger partial charge < -0.3 is 20.5 Å². The van der Waals surface area contributed by atoms with E-state index in [0.29, 0.717) is 0 Å². The van der Waals surface area contributed by atoms with Gasteiger partial charge in [0.2, 0.25) is 5.91 Å². The van der Waals surface area contributed by atoms with Crippen LogP contribution in [0.15, 0.2) is 140 Å². The van der Waals surface area contributed by atoms with Crippen LogP contribution in [-0.4, -0.2) is 35.2 Å². The molecule has 0 heterocycles. The van der Waals surface area contributed by atoms with Crippen LogP contribution >= 0.6 is 0 Å². The van der Waals surface area contributed by atoms with E-state index in [1.54, 1.807) is 0 Å². The predicted octanol–water partition coefficient (Wildman–Crippen LogP) is 7.26. The second-order valence-electron chi connectivity index (χ2n) is 12.0. The quantitative estimate of drug-likeness (QED) is 0.134. The molecule has 47 heavy (non-hydrogen) atoms. The van der Waals surface area contributed by atoms with Gasteiger partial charge in [0.25, 0.3) is 0 Å². The summed E-state index contributed by atoms with van der Waals surface area (Å²) in [4.78, 5) is 39.4. The van der Waals surface area contributed by atoms with Crippen molar-refractivity contribution in [1.82, 2.24) is 10.6 Å². The van der Waals surface area contributed by atoms with Crippen LogP contribution in [0.25, 0.3) is 11.1 Å². The summed E-state index contributed by atoms with van der Waals surface area (Å²) in [5.41, 5.74) is 4.05. The first-order chi connectivity index (χ1) is 22.8. The fraction of sp³-hybridized carbons (Fsp3) is 0.175. The first-order valence-electron chi connectivity index (χ1n) is 15.7. The molecule has 5 aromatic carbocycles. The minimum atomic E-state index is -1.76. The van der Waals surface area contributed by atoms with E-state index in [-0.39, 0.29) is 31.3 Å². The van der Waals surface area contributed by atoms with Crippen LogP contribution in [0.3, 0.4) is 0 Å². The van der Waals surface area contributed by atoms with Gasteiger partial charge in [-0.25, -0.2) is 9.59 Å². The van der Waals surface area contributed by atoms with E-state index in [9.17, 15) is 19.5 Å². The van der Waals surface area contributed by atoms with Crippen molar-refractivity contribution in [2.75, 3.05) is 6.61 Å². The molecule has 1 aliphatic rings. The lowest BCUT2D eigenvalue weighted by Crippen LogP contribution is -2.54. The molecule has 6 rings (SSSR count). The van der Waals surface area contributed by atoms with Crippen molar-refractivity contribution in [3.05, 3.63) is 167 Å². The van der Waals surface area contributed by atoms with Crippen molar-refractivity contribution in [1.29, 1.82) is 0 Å². The van der Waals surface area contributed by atoms with Crippen LogP contribution in [0.2, 0.25) is 0 Å². The third kappa shape index (κ3) is 6.25. The monoisotopic (exact) mass is 624 g/mol. The summed E-state index contributed by atoms with van der Waals surface area (Å²) >= 11 is 0. The zero-order valence-corrected chi connectivity index (χ0v) is 26.1. The summed E-state index contributed by atoms with van der Waals surface area (Å²) in [6, 6.07) is 45.0. The van der Waals surface area contributed by atoms with Gasteiger partial charge in [0.05, 0.1) is 0 Å². The molecule has 3 N–H and O–H groups in total. The maximum absolute atomic E-state index is 13.8. The van der Waals surface area contributed by atoms with Gasteiger partial charge in [0.1, 0.15) is 17.7 Å². The second-order valence-corrected chi connectivity index (χ2v) is 12.0. The van der Waals surface area contributed by atoms with E-state index in [1.807, 2.05) is 140 Å². The summed E-state index contributed by atoms with van der Waals surface area (Å²) in [7, 11) is 0. The fourth-order valence-corrected chi connectivity index (χ4v) is 6.50. The highest BCUT2D eigenvalue weighted by molar-refractivity contribution is 5.86. The number of hydrogen-bond acceptors (Lipinski definition) is 4. The van der Waals surface area contributed by atoms with Crippen LogP contribution in [0.5, 0.6) is 0 Å². The molecular formula is C40H36N2O5. The lowest BCUT2D eigenvalue weighted by Gasteiger charge is -2.37. The summed E-state index contributed by atoms with van der Waals surface area (Å²) in [6.07, 6.45) is -1.18. The third-order valence-corrected chi connectivity index (χ3v) is 8.99. The molecular weight excluding hydrogens is 588 g/mol. The Kier molecular flexibility index (Phi) is 8.89. The van der Waals surface area contributed by atoms with E-state index >= 15 is 0 Å². The number of fused-ring (bicyclic) bond motifs is 3. The van der Waals surface area contributed by atoms with Gasteiger partial charge in [0, 0.05) is 12.3 Å². The van der Waals surface area contributed by atoms with Gasteiger partial charge in [-0.3, -0.25) is 4.79 Å². The minimum absolute atomic E-state index is 0.0454. The molecule has 5 aromatic rings. The van der Waals surface area contributed by atoms with Crippen LogP contribution in [0, 0.1) is 0 Å². The van der Waals surface area contributed by atoms with Crippen LogP contribution < -0.4 is 10.6 Å². The molecule has 0 saturated carbocycles. The number of carboxylic acids is 1. The lowest BCUT2D eigenvalue weighted by atomic mass is 9.76. The normalized spacial score (nSPS) is 13.5. The molecule has 1 aliphatic carbocycles. The second kappa shape index (κ2) is 13.3. The maximum Gasteiger partial charge on any atom is 0.408 e. The number of benzene rings is 5. The molecule has 7 heteroatoms. The molecule has 0 spiro atoms. The molecule has 0 aromatic heterocycles. The van der Waals surface area contributed by atoms with E-state index in [1.165, 1.54) is 6.92 Å². The predicted molar refractivity (Wildman–Crippen MR) is 181 cm³/mol. The molecule has 0 bridgehead atoms. The molecule has 236 valence electrons. The van der Waals surface area contributed by atoms with Gasteiger partial charge in [-0.15, -0.1) is 0 Å². The Morgan fingerprint density at radius 3 is 1.51 bits per heavy atom. The molecule has 7 nitrogen and oxygen atoms in total. The van der Waals surface area contributed by atoms with Crippen molar-refractivity contribution in [2.24, 2.45) is 0 Å². The van der Waals surface area contributed by atoms with Crippen molar-refractivity contribution < 1.29 is 24.2 Å². The molecule has 0 aliphatic heterocycles. The molecule has 1 atom stereocenters. The van der Waals surface area contributed by atoms with Crippen molar-refractivity contribution >= 4 is 18.0 Å². The summed E-state index contributed by atoms with van der Waals surface area (Å²) in [6.45, 7) is 1.44. The van der Waals surface area contributed by atoms with E-state index in [0.717, 1.165) is 38.9 Å². The van der Waals surface area contributed by atoms with Crippen molar-refractivity contribution in [2.45, 2.75) is 36.8 Å². The molecule has 0 unspecified atom stereocenters. The summed E-state index contributed by atoms with van der Waals surface area (Å²) in [5.74, 6) is -1.81. The Balaban J connectivity index is 1.18. The number of carboxylic acid groups (broad SMARTS) is 1. The average molecular weight is 625 g/mol. The average Bonchev–Trinajstić information content (AvgIpc) is 3.43. The summed E-state index contributed by atoms with van der Waals surface area (Å²) in [5, 5.41) is 16.0.